The van der Waals surface area contributed by atoms with E-state index in [1.807, 2.05) is 6.92 Å². The third-order valence-electron chi connectivity index (χ3n) is 3.68. The number of sulfonamides is 1. The maximum Gasteiger partial charge on any atom is 0.242 e. The van der Waals surface area contributed by atoms with Gasteiger partial charge in [0.2, 0.25) is 10.0 Å². The Balaban J connectivity index is 2.09. The van der Waals surface area contributed by atoms with E-state index in [0.717, 1.165) is 19.3 Å². The first kappa shape index (κ1) is 14.6. The number of nitrogens with one attached hydrogen (secondary N) is 1. The lowest BCUT2D eigenvalue weighted by molar-refractivity contribution is 0.270. The first-order valence-corrected chi connectivity index (χ1v) is 8.34. The summed E-state index contributed by atoms with van der Waals surface area (Å²) in [5.74, 6) is 0.491. The van der Waals surface area contributed by atoms with Crippen molar-refractivity contribution >= 4 is 10.0 Å². The predicted molar refractivity (Wildman–Crippen MR) is 73.2 cm³/mol. The van der Waals surface area contributed by atoms with Crippen LogP contribution in [0.5, 0.6) is 0 Å². The van der Waals surface area contributed by atoms with Crippen molar-refractivity contribution in [3.05, 3.63) is 18.0 Å². The predicted octanol–water partition coefficient (Wildman–Crippen LogP) is 1.47. The molecule has 108 valence electrons. The van der Waals surface area contributed by atoms with Crippen LogP contribution in [-0.4, -0.2) is 24.6 Å². The molecule has 1 fully saturated rings. The van der Waals surface area contributed by atoms with E-state index in [0.29, 0.717) is 24.7 Å². The second-order valence-electron chi connectivity index (χ2n) is 5.17. The van der Waals surface area contributed by atoms with Gasteiger partial charge in [0, 0.05) is 25.0 Å². The normalized spacial score (nSPS) is 16.5. The van der Waals surface area contributed by atoms with E-state index in [-0.39, 0.29) is 11.5 Å². The smallest absolute Gasteiger partial charge is 0.242 e. The number of rotatable bonds is 7. The maximum atomic E-state index is 12.2. The molecular formula is C13H22N2O3S. The molecular weight excluding hydrogens is 264 g/mol. The quantitative estimate of drug-likeness (QED) is 0.797. The second-order valence-corrected chi connectivity index (χ2v) is 6.93. The zero-order chi connectivity index (χ0) is 13.9. The molecule has 2 N–H and O–H groups in total. The van der Waals surface area contributed by atoms with E-state index in [9.17, 15) is 13.5 Å². The first-order chi connectivity index (χ1) is 9.06. The van der Waals surface area contributed by atoms with E-state index >= 15 is 0 Å². The molecule has 1 saturated carbocycles. The van der Waals surface area contributed by atoms with E-state index in [4.69, 9.17) is 0 Å². The minimum absolute atomic E-state index is 0.141. The minimum Gasteiger partial charge on any atom is -0.390 e. The lowest BCUT2D eigenvalue weighted by atomic mass is 9.86. The van der Waals surface area contributed by atoms with E-state index in [2.05, 4.69) is 4.72 Å². The van der Waals surface area contributed by atoms with Crippen molar-refractivity contribution in [1.82, 2.24) is 9.29 Å². The standard InChI is InChI=1S/C13H22N2O3S/c1-2-6-15-9-13(7-12(15)10-16)19(17,18)14-8-11-4-3-5-11/h7,9,11,14,16H,2-6,8,10H2,1H3. The third-order valence-corrected chi connectivity index (χ3v) is 5.08. The molecule has 19 heavy (non-hydrogen) atoms. The van der Waals surface area contributed by atoms with Crippen molar-refractivity contribution in [2.24, 2.45) is 5.92 Å². The summed E-state index contributed by atoms with van der Waals surface area (Å²) in [4.78, 5) is 0.254. The Hall–Kier alpha value is -0.850. The molecule has 0 atom stereocenters. The number of aryl methyl sites for hydroxylation is 1. The molecule has 0 amide bonds. The SMILES string of the molecule is CCCn1cc(S(=O)(=O)NCC2CCC2)cc1CO. The minimum atomic E-state index is -3.44. The van der Waals surface area contributed by atoms with Crippen LogP contribution in [0, 0.1) is 5.92 Å². The summed E-state index contributed by atoms with van der Waals surface area (Å²) in [6.07, 6.45) is 5.94. The average molecular weight is 286 g/mol. The highest BCUT2D eigenvalue weighted by Gasteiger charge is 2.22. The van der Waals surface area contributed by atoms with Gasteiger partial charge in [-0.3, -0.25) is 0 Å². The van der Waals surface area contributed by atoms with Crippen LogP contribution in [0.2, 0.25) is 0 Å². The van der Waals surface area contributed by atoms with Gasteiger partial charge in [0.05, 0.1) is 11.5 Å². The summed E-state index contributed by atoms with van der Waals surface area (Å²) < 4.78 is 28.8. The molecule has 1 aromatic rings. The number of aliphatic hydroxyl groups excluding tert-OH is 1. The van der Waals surface area contributed by atoms with Crippen LogP contribution >= 0.6 is 0 Å². The molecule has 0 spiro atoms. The molecule has 0 radical (unpaired) electrons. The molecule has 0 aliphatic heterocycles. The van der Waals surface area contributed by atoms with Gasteiger partial charge in [0.25, 0.3) is 0 Å². The Morgan fingerprint density at radius 2 is 2.21 bits per heavy atom. The van der Waals surface area contributed by atoms with Gasteiger partial charge < -0.3 is 9.67 Å². The van der Waals surface area contributed by atoms with Crippen molar-refractivity contribution in [1.29, 1.82) is 0 Å². The number of aromatic nitrogens is 1. The van der Waals surface area contributed by atoms with Crippen LogP contribution in [0.15, 0.2) is 17.2 Å². The Labute approximate surface area is 114 Å². The van der Waals surface area contributed by atoms with Crippen molar-refractivity contribution in [3.8, 4) is 0 Å². The van der Waals surface area contributed by atoms with Gasteiger partial charge in [-0.2, -0.15) is 0 Å². The number of nitrogens with zero attached hydrogens (tertiary/aromatic N) is 1. The lowest BCUT2D eigenvalue weighted by Gasteiger charge is -2.25. The highest BCUT2D eigenvalue weighted by Crippen LogP contribution is 2.26. The fourth-order valence-corrected chi connectivity index (χ4v) is 3.44. The molecule has 0 bridgehead atoms. The molecule has 0 aromatic carbocycles. The Kier molecular flexibility index (Phi) is 4.65. The van der Waals surface area contributed by atoms with Gasteiger partial charge in [-0.05, 0) is 31.2 Å². The second kappa shape index (κ2) is 6.07. The molecule has 5 nitrogen and oxygen atoms in total. The van der Waals surface area contributed by atoms with E-state index in [1.165, 1.54) is 6.42 Å². The third kappa shape index (κ3) is 3.38. The summed E-state index contributed by atoms with van der Waals surface area (Å²) in [6.45, 7) is 3.12. The zero-order valence-corrected chi connectivity index (χ0v) is 12.1. The molecule has 0 unspecified atom stereocenters. The van der Waals surface area contributed by atoms with Crippen molar-refractivity contribution < 1.29 is 13.5 Å². The van der Waals surface area contributed by atoms with Crippen LogP contribution in [0.25, 0.3) is 0 Å². The largest absolute Gasteiger partial charge is 0.390 e. The Morgan fingerprint density at radius 3 is 2.74 bits per heavy atom. The summed E-state index contributed by atoms with van der Waals surface area (Å²) in [6, 6.07) is 1.55. The monoisotopic (exact) mass is 286 g/mol. The molecule has 1 aliphatic carbocycles. The maximum absolute atomic E-state index is 12.2. The summed E-state index contributed by atoms with van der Waals surface area (Å²) in [5.41, 5.74) is 0.644. The highest BCUT2D eigenvalue weighted by atomic mass is 32.2. The van der Waals surface area contributed by atoms with E-state index < -0.39 is 10.0 Å². The fourth-order valence-electron chi connectivity index (χ4n) is 2.26. The number of hydrogen-bond acceptors (Lipinski definition) is 3. The molecule has 1 heterocycles. The van der Waals surface area contributed by atoms with Crippen LogP contribution in [0.4, 0.5) is 0 Å². The van der Waals surface area contributed by atoms with Crippen molar-refractivity contribution in [2.45, 2.75) is 50.7 Å². The molecule has 1 aromatic heterocycles. The van der Waals surface area contributed by atoms with Gasteiger partial charge in [-0.15, -0.1) is 0 Å². The molecule has 2 rings (SSSR count). The van der Waals surface area contributed by atoms with Gasteiger partial charge >= 0.3 is 0 Å². The fraction of sp³-hybridized carbons (Fsp3) is 0.692. The van der Waals surface area contributed by atoms with Crippen LogP contribution < -0.4 is 4.72 Å². The van der Waals surface area contributed by atoms with Gasteiger partial charge in [0.1, 0.15) is 0 Å². The van der Waals surface area contributed by atoms with Gasteiger partial charge in [-0.25, -0.2) is 13.1 Å². The summed E-state index contributed by atoms with van der Waals surface area (Å²) in [7, 11) is -3.44. The topological polar surface area (TPSA) is 71.3 Å². The van der Waals surface area contributed by atoms with Gasteiger partial charge in [0.15, 0.2) is 0 Å². The Bertz CT molecular complexity index is 518. The number of hydrogen-bond donors (Lipinski definition) is 2. The first-order valence-electron chi connectivity index (χ1n) is 6.86. The zero-order valence-electron chi connectivity index (χ0n) is 11.3. The van der Waals surface area contributed by atoms with Crippen LogP contribution in [0.1, 0.15) is 38.3 Å². The van der Waals surface area contributed by atoms with E-state index in [1.54, 1.807) is 16.8 Å². The van der Waals surface area contributed by atoms with Crippen LogP contribution in [-0.2, 0) is 23.2 Å². The van der Waals surface area contributed by atoms with Gasteiger partial charge in [-0.1, -0.05) is 13.3 Å². The lowest BCUT2D eigenvalue weighted by Crippen LogP contribution is -2.32. The summed E-state index contributed by atoms with van der Waals surface area (Å²) in [5, 5.41) is 9.25. The summed E-state index contributed by atoms with van der Waals surface area (Å²) >= 11 is 0. The van der Waals surface area contributed by atoms with Crippen LogP contribution in [0.3, 0.4) is 0 Å². The van der Waals surface area contributed by atoms with Crippen molar-refractivity contribution in [2.75, 3.05) is 6.54 Å². The molecule has 1 aliphatic rings. The molecule has 6 heteroatoms. The number of aliphatic hydroxyl groups is 1. The highest BCUT2D eigenvalue weighted by molar-refractivity contribution is 7.89. The average Bonchev–Trinajstić information content (AvgIpc) is 2.71. The van der Waals surface area contributed by atoms with Crippen molar-refractivity contribution in [3.63, 3.8) is 0 Å². The molecule has 0 saturated heterocycles. The Morgan fingerprint density at radius 1 is 1.47 bits per heavy atom.